The van der Waals surface area contributed by atoms with Crippen molar-refractivity contribution in [1.82, 2.24) is 5.16 Å². The standard InChI is InChI=1S/C10H11NO4S/c1-7-3-4-10-8(5-7)9(11-15-10)6-14-16(2,12)13/h3-5H,6H2,1-2H3. The summed E-state index contributed by atoms with van der Waals surface area (Å²) < 4.78 is 31.4. The van der Waals surface area contributed by atoms with Gasteiger partial charge >= 0.3 is 0 Å². The van der Waals surface area contributed by atoms with Gasteiger partial charge in [0.1, 0.15) is 12.3 Å². The third-order valence-electron chi connectivity index (χ3n) is 2.11. The van der Waals surface area contributed by atoms with E-state index in [1.54, 1.807) is 6.07 Å². The molecule has 2 rings (SSSR count). The van der Waals surface area contributed by atoms with Gasteiger partial charge in [0.05, 0.1) is 6.26 Å². The van der Waals surface area contributed by atoms with Crippen molar-refractivity contribution in [3.8, 4) is 0 Å². The maximum Gasteiger partial charge on any atom is 0.264 e. The Morgan fingerprint density at radius 1 is 1.44 bits per heavy atom. The molecule has 0 aliphatic rings. The lowest BCUT2D eigenvalue weighted by Gasteiger charge is -1.97. The second-order valence-corrected chi connectivity index (χ2v) is 5.24. The number of benzene rings is 1. The molecule has 0 radical (unpaired) electrons. The minimum Gasteiger partial charge on any atom is -0.356 e. The Bertz CT molecular complexity index is 615. The molecule has 0 N–H and O–H groups in total. The summed E-state index contributed by atoms with van der Waals surface area (Å²) in [6, 6.07) is 5.57. The molecule has 16 heavy (non-hydrogen) atoms. The first-order valence-corrected chi connectivity index (χ1v) is 6.47. The summed E-state index contributed by atoms with van der Waals surface area (Å²) in [4.78, 5) is 0. The molecule has 1 heterocycles. The van der Waals surface area contributed by atoms with Crippen LogP contribution < -0.4 is 0 Å². The van der Waals surface area contributed by atoms with E-state index in [2.05, 4.69) is 9.34 Å². The van der Waals surface area contributed by atoms with E-state index in [0.29, 0.717) is 11.3 Å². The topological polar surface area (TPSA) is 69.4 Å². The lowest BCUT2D eigenvalue weighted by atomic mass is 10.1. The molecule has 2 aromatic rings. The fourth-order valence-corrected chi connectivity index (χ4v) is 1.70. The molecule has 0 aliphatic heterocycles. The van der Waals surface area contributed by atoms with Gasteiger partial charge in [-0.05, 0) is 19.1 Å². The molecule has 0 amide bonds. The van der Waals surface area contributed by atoms with Crippen LogP contribution in [0.3, 0.4) is 0 Å². The van der Waals surface area contributed by atoms with Crippen molar-refractivity contribution < 1.29 is 17.1 Å². The van der Waals surface area contributed by atoms with Crippen LogP contribution >= 0.6 is 0 Å². The first-order valence-electron chi connectivity index (χ1n) is 4.65. The average Bonchev–Trinajstić information content (AvgIpc) is 2.56. The number of hydrogen-bond acceptors (Lipinski definition) is 5. The van der Waals surface area contributed by atoms with Crippen molar-refractivity contribution in [3.63, 3.8) is 0 Å². The molecular formula is C10H11NO4S. The van der Waals surface area contributed by atoms with Crippen LogP contribution in [-0.2, 0) is 20.9 Å². The highest BCUT2D eigenvalue weighted by Gasteiger charge is 2.11. The number of fused-ring (bicyclic) bond motifs is 1. The first kappa shape index (κ1) is 11.1. The van der Waals surface area contributed by atoms with Crippen molar-refractivity contribution in [3.05, 3.63) is 29.5 Å². The Morgan fingerprint density at radius 3 is 2.88 bits per heavy atom. The zero-order valence-electron chi connectivity index (χ0n) is 8.93. The fraction of sp³-hybridized carbons (Fsp3) is 0.300. The van der Waals surface area contributed by atoms with Gasteiger partial charge in [0.25, 0.3) is 10.1 Å². The molecule has 5 nitrogen and oxygen atoms in total. The van der Waals surface area contributed by atoms with Crippen molar-refractivity contribution in [2.45, 2.75) is 13.5 Å². The van der Waals surface area contributed by atoms with E-state index in [-0.39, 0.29) is 6.61 Å². The van der Waals surface area contributed by atoms with Crippen LogP contribution in [0, 0.1) is 6.92 Å². The van der Waals surface area contributed by atoms with Crippen LogP contribution in [0.2, 0.25) is 0 Å². The maximum absolute atomic E-state index is 10.8. The molecule has 0 aliphatic carbocycles. The van der Waals surface area contributed by atoms with Gasteiger partial charge in [-0.3, -0.25) is 4.18 Å². The maximum atomic E-state index is 10.8. The van der Waals surface area contributed by atoms with E-state index >= 15 is 0 Å². The smallest absolute Gasteiger partial charge is 0.264 e. The predicted octanol–water partition coefficient (Wildman–Crippen LogP) is 1.61. The Labute approximate surface area is 93.1 Å². The number of hydrogen-bond donors (Lipinski definition) is 0. The summed E-state index contributed by atoms with van der Waals surface area (Å²) in [5.41, 5.74) is 2.16. The van der Waals surface area contributed by atoms with Crippen LogP contribution in [0.25, 0.3) is 11.0 Å². The summed E-state index contributed by atoms with van der Waals surface area (Å²) in [6.45, 7) is 1.84. The first-order chi connectivity index (χ1) is 7.46. The SMILES string of the molecule is Cc1ccc2onc(COS(C)(=O)=O)c2c1. The Balaban J connectivity index is 2.34. The Morgan fingerprint density at radius 2 is 2.19 bits per heavy atom. The summed E-state index contributed by atoms with van der Waals surface area (Å²) in [6.07, 6.45) is 1.00. The fourth-order valence-electron chi connectivity index (χ4n) is 1.37. The normalized spacial score (nSPS) is 12.1. The molecule has 0 saturated heterocycles. The van der Waals surface area contributed by atoms with E-state index in [0.717, 1.165) is 17.2 Å². The van der Waals surface area contributed by atoms with Gasteiger partial charge in [0.15, 0.2) is 5.58 Å². The highest BCUT2D eigenvalue weighted by Crippen LogP contribution is 2.20. The van der Waals surface area contributed by atoms with Gasteiger partial charge in [-0.25, -0.2) is 0 Å². The molecule has 0 saturated carbocycles. The molecule has 1 aromatic carbocycles. The van der Waals surface area contributed by atoms with Crippen LogP contribution in [0.5, 0.6) is 0 Å². The highest BCUT2D eigenvalue weighted by molar-refractivity contribution is 7.85. The van der Waals surface area contributed by atoms with Crippen molar-refractivity contribution in [2.75, 3.05) is 6.26 Å². The molecule has 0 atom stereocenters. The predicted molar refractivity (Wildman–Crippen MR) is 58.4 cm³/mol. The molecule has 0 fully saturated rings. The van der Waals surface area contributed by atoms with Crippen molar-refractivity contribution >= 4 is 21.1 Å². The van der Waals surface area contributed by atoms with Crippen LogP contribution in [0.1, 0.15) is 11.3 Å². The number of aryl methyl sites for hydroxylation is 1. The Hall–Kier alpha value is -1.40. The molecule has 0 spiro atoms. The average molecular weight is 241 g/mol. The van der Waals surface area contributed by atoms with E-state index in [1.807, 2.05) is 19.1 Å². The number of aromatic nitrogens is 1. The summed E-state index contributed by atoms with van der Waals surface area (Å²) >= 11 is 0. The molecule has 0 unspecified atom stereocenters. The van der Waals surface area contributed by atoms with Crippen molar-refractivity contribution in [2.24, 2.45) is 0 Å². The van der Waals surface area contributed by atoms with Gasteiger partial charge < -0.3 is 4.52 Å². The van der Waals surface area contributed by atoms with Crippen LogP contribution in [0.4, 0.5) is 0 Å². The lowest BCUT2D eigenvalue weighted by molar-refractivity contribution is 0.298. The van der Waals surface area contributed by atoms with Gasteiger partial charge in [0, 0.05) is 5.39 Å². The Kier molecular flexibility index (Phi) is 2.69. The van der Waals surface area contributed by atoms with E-state index < -0.39 is 10.1 Å². The molecule has 0 bridgehead atoms. The molecular weight excluding hydrogens is 230 g/mol. The van der Waals surface area contributed by atoms with E-state index in [1.165, 1.54) is 0 Å². The highest BCUT2D eigenvalue weighted by atomic mass is 32.2. The van der Waals surface area contributed by atoms with E-state index in [4.69, 9.17) is 4.52 Å². The number of nitrogens with zero attached hydrogens (tertiary/aromatic N) is 1. The lowest BCUT2D eigenvalue weighted by Crippen LogP contribution is -2.02. The summed E-state index contributed by atoms with van der Waals surface area (Å²) in [5.74, 6) is 0. The molecule has 6 heteroatoms. The quantitative estimate of drug-likeness (QED) is 0.763. The zero-order chi connectivity index (χ0) is 11.8. The van der Waals surface area contributed by atoms with Crippen molar-refractivity contribution in [1.29, 1.82) is 0 Å². The van der Waals surface area contributed by atoms with Gasteiger partial charge in [-0.15, -0.1) is 0 Å². The summed E-state index contributed by atoms with van der Waals surface area (Å²) in [7, 11) is -3.46. The van der Waals surface area contributed by atoms with Gasteiger partial charge in [-0.2, -0.15) is 8.42 Å². The molecule has 86 valence electrons. The monoisotopic (exact) mass is 241 g/mol. The second kappa shape index (κ2) is 3.88. The van der Waals surface area contributed by atoms with Gasteiger partial charge in [-0.1, -0.05) is 16.8 Å². The number of rotatable bonds is 3. The van der Waals surface area contributed by atoms with E-state index in [9.17, 15) is 8.42 Å². The molecule has 1 aromatic heterocycles. The van der Waals surface area contributed by atoms with Crippen LogP contribution in [-0.4, -0.2) is 19.8 Å². The summed E-state index contributed by atoms with van der Waals surface area (Å²) in [5, 5.41) is 4.56. The third kappa shape index (κ3) is 2.40. The van der Waals surface area contributed by atoms with Gasteiger partial charge in [0.2, 0.25) is 0 Å². The largest absolute Gasteiger partial charge is 0.356 e. The second-order valence-electron chi connectivity index (χ2n) is 3.60. The minimum atomic E-state index is -3.46. The zero-order valence-corrected chi connectivity index (χ0v) is 9.74. The minimum absolute atomic E-state index is 0.102. The third-order valence-corrected chi connectivity index (χ3v) is 2.66. The van der Waals surface area contributed by atoms with Crippen LogP contribution in [0.15, 0.2) is 22.7 Å².